The van der Waals surface area contributed by atoms with Crippen LogP contribution in [0.5, 0.6) is 0 Å². The molecule has 1 fully saturated rings. The van der Waals surface area contributed by atoms with Crippen LogP contribution >= 0.6 is 12.2 Å². The summed E-state index contributed by atoms with van der Waals surface area (Å²) < 4.78 is 11.9. The Morgan fingerprint density at radius 3 is 2.33 bits per heavy atom. The van der Waals surface area contributed by atoms with Gasteiger partial charge in [0.05, 0.1) is 16.9 Å². The first-order valence-electron chi connectivity index (χ1n) is 6.67. The maximum Gasteiger partial charge on any atom is 0.494 e. The van der Waals surface area contributed by atoms with E-state index in [1.165, 1.54) is 0 Å². The van der Waals surface area contributed by atoms with Crippen LogP contribution in [-0.2, 0) is 9.31 Å². The van der Waals surface area contributed by atoms with Gasteiger partial charge in [-0.25, -0.2) is 0 Å². The summed E-state index contributed by atoms with van der Waals surface area (Å²) in [4.78, 5) is 11.2. The highest BCUT2D eigenvalue weighted by molar-refractivity contribution is 7.80. The molecule has 0 saturated carbocycles. The first-order chi connectivity index (χ1) is 9.66. The molecule has 112 valence electrons. The second kappa shape index (κ2) is 5.40. The minimum absolute atomic E-state index is 0.112. The summed E-state index contributed by atoms with van der Waals surface area (Å²) in [6.07, 6.45) is 0.745. The quantitative estimate of drug-likeness (QED) is 0.500. The summed E-state index contributed by atoms with van der Waals surface area (Å²) in [5.74, 6) is 0. The molecule has 1 saturated heterocycles. The molecule has 5 nitrogen and oxygen atoms in total. The number of nitrogens with one attached hydrogen (secondary N) is 1. The molecule has 2 rings (SSSR count). The summed E-state index contributed by atoms with van der Waals surface area (Å²) in [5.41, 5.74) is 6.39. The Kier molecular flexibility index (Phi) is 4.10. The zero-order chi connectivity index (χ0) is 15.8. The largest absolute Gasteiger partial charge is 0.494 e. The van der Waals surface area contributed by atoms with Crippen LogP contribution in [0.25, 0.3) is 0 Å². The minimum atomic E-state index is -0.507. The van der Waals surface area contributed by atoms with E-state index >= 15 is 0 Å². The predicted molar refractivity (Wildman–Crippen MR) is 88.0 cm³/mol. The Balaban J connectivity index is 2.31. The van der Waals surface area contributed by atoms with Gasteiger partial charge in [-0.3, -0.25) is 4.79 Å². The van der Waals surface area contributed by atoms with E-state index in [0.717, 1.165) is 11.7 Å². The third-order valence-corrected chi connectivity index (χ3v) is 4.09. The maximum atomic E-state index is 11.2. The Labute approximate surface area is 130 Å². The highest BCUT2D eigenvalue weighted by Gasteiger charge is 2.51. The number of aldehydes is 1. The van der Waals surface area contributed by atoms with Crippen LogP contribution in [0.4, 0.5) is 5.69 Å². The molecule has 1 aliphatic heterocycles. The van der Waals surface area contributed by atoms with Crippen molar-refractivity contribution in [2.75, 3.05) is 5.32 Å². The molecule has 0 unspecified atom stereocenters. The van der Waals surface area contributed by atoms with Crippen LogP contribution < -0.4 is 16.5 Å². The summed E-state index contributed by atoms with van der Waals surface area (Å²) in [7, 11) is -0.507. The van der Waals surface area contributed by atoms with Crippen LogP contribution in [0.1, 0.15) is 38.1 Å². The van der Waals surface area contributed by atoms with Gasteiger partial charge in [-0.05, 0) is 57.5 Å². The van der Waals surface area contributed by atoms with E-state index in [-0.39, 0.29) is 5.11 Å². The summed E-state index contributed by atoms with van der Waals surface area (Å²) in [6, 6.07) is 5.29. The molecule has 0 amide bonds. The fraction of sp³-hybridized carbons (Fsp3) is 0.429. The van der Waals surface area contributed by atoms with Gasteiger partial charge in [0.15, 0.2) is 11.4 Å². The smallest absolute Gasteiger partial charge is 0.399 e. The molecule has 0 aromatic heterocycles. The van der Waals surface area contributed by atoms with E-state index in [1.807, 2.05) is 33.8 Å². The zero-order valence-corrected chi connectivity index (χ0v) is 13.4. The van der Waals surface area contributed by atoms with Gasteiger partial charge in [0.25, 0.3) is 0 Å². The Hall–Kier alpha value is -1.44. The lowest BCUT2D eigenvalue weighted by molar-refractivity contribution is 0.00578. The number of rotatable bonds is 3. The average molecular weight is 306 g/mol. The van der Waals surface area contributed by atoms with Crippen molar-refractivity contribution in [3.8, 4) is 0 Å². The van der Waals surface area contributed by atoms with E-state index < -0.39 is 18.3 Å². The molecule has 1 aromatic carbocycles. The predicted octanol–water partition coefficient (Wildman–Crippen LogP) is 1.45. The van der Waals surface area contributed by atoms with E-state index in [2.05, 4.69) is 5.32 Å². The average Bonchev–Trinajstić information content (AvgIpc) is 2.58. The standard InChI is InChI=1S/C14H19BN2O3S/c1-13(2)14(3,4)20-15(19-13)10-5-6-11(17-12(16)21)9(7-10)8-18/h5-8H,1-4H3,(H3,16,17,21). The van der Waals surface area contributed by atoms with Gasteiger partial charge in [0, 0.05) is 5.56 Å². The molecule has 0 spiro atoms. The van der Waals surface area contributed by atoms with E-state index in [1.54, 1.807) is 12.1 Å². The van der Waals surface area contributed by atoms with Crippen LogP contribution in [0.2, 0.25) is 0 Å². The second-order valence-electron chi connectivity index (χ2n) is 6.04. The normalized spacial score (nSPS) is 19.3. The van der Waals surface area contributed by atoms with Crippen molar-refractivity contribution in [1.82, 2.24) is 0 Å². The number of hydrogen-bond donors (Lipinski definition) is 2. The summed E-state index contributed by atoms with van der Waals surface area (Å²) >= 11 is 4.79. The highest BCUT2D eigenvalue weighted by Crippen LogP contribution is 2.36. The van der Waals surface area contributed by atoms with Crippen molar-refractivity contribution in [3.05, 3.63) is 23.8 Å². The molecule has 7 heteroatoms. The fourth-order valence-corrected chi connectivity index (χ4v) is 2.16. The number of nitrogens with two attached hydrogens (primary N) is 1. The lowest BCUT2D eigenvalue weighted by Crippen LogP contribution is -2.41. The van der Waals surface area contributed by atoms with Crippen molar-refractivity contribution < 1.29 is 14.1 Å². The van der Waals surface area contributed by atoms with Gasteiger partial charge < -0.3 is 20.4 Å². The molecule has 0 aliphatic carbocycles. The second-order valence-corrected chi connectivity index (χ2v) is 6.48. The molecule has 3 N–H and O–H groups in total. The molecule has 1 aliphatic rings. The van der Waals surface area contributed by atoms with Crippen LogP contribution in [0, 0.1) is 0 Å². The lowest BCUT2D eigenvalue weighted by Gasteiger charge is -2.32. The summed E-state index contributed by atoms with van der Waals surface area (Å²) in [5, 5.41) is 2.88. The minimum Gasteiger partial charge on any atom is -0.399 e. The number of carbonyl (C=O) groups is 1. The third-order valence-electron chi connectivity index (χ3n) is 3.99. The first-order valence-corrected chi connectivity index (χ1v) is 7.08. The van der Waals surface area contributed by atoms with Gasteiger partial charge >= 0.3 is 7.12 Å². The topological polar surface area (TPSA) is 73.6 Å². The SMILES string of the molecule is CC1(C)OB(c2ccc(NC(N)=S)c(C=O)c2)OC1(C)C. The van der Waals surface area contributed by atoms with Gasteiger partial charge in [0.1, 0.15) is 0 Å². The molecule has 1 heterocycles. The van der Waals surface area contributed by atoms with Crippen molar-refractivity contribution in [1.29, 1.82) is 0 Å². The van der Waals surface area contributed by atoms with Gasteiger partial charge in [-0.2, -0.15) is 0 Å². The number of benzene rings is 1. The molecule has 21 heavy (non-hydrogen) atoms. The fourth-order valence-electron chi connectivity index (χ4n) is 2.05. The van der Waals surface area contributed by atoms with Crippen LogP contribution in [0.3, 0.4) is 0 Å². The maximum absolute atomic E-state index is 11.2. The lowest BCUT2D eigenvalue weighted by atomic mass is 9.78. The Morgan fingerprint density at radius 2 is 1.86 bits per heavy atom. The van der Waals surface area contributed by atoms with Crippen molar-refractivity contribution in [2.45, 2.75) is 38.9 Å². The zero-order valence-electron chi connectivity index (χ0n) is 12.6. The van der Waals surface area contributed by atoms with Crippen molar-refractivity contribution >= 4 is 41.9 Å². The molecule has 1 aromatic rings. The number of hydrogen-bond acceptors (Lipinski definition) is 4. The molecule has 0 atom stereocenters. The van der Waals surface area contributed by atoms with E-state index in [0.29, 0.717) is 11.3 Å². The first kappa shape index (κ1) is 15.9. The van der Waals surface area contributed by atoms with E-state index in [9.17, 15) is 4.79 Å². The van der Waals surface area contributed by atoms with Crippen molar-refractivity contribution in [3.63, 3.8) is 0 Å². The Morgan fingerprint density at radius 1 is 1.29 bits per heavy atom. The Bertz CT molecular complexity index is 574. The van der Waals surface area contributed by atoms with Gasteiger partial charge in [-0.15, -0.1) is 0 Å². The molecular weight excluding hydrogens is 287 g/mol. The van der Waals surface area contributed by atoms with Crippen LogP contribution in [-0.4, -0.2) is 29.7 Å². The molecule has 0 bridgehead atoms. The molecule has 0 radical (unpaired) electrons. The number of carbonyl (C=O) groups excluding carboxylic acids is 1. The summed E-state index contributed by atoms with van der Waals surface area (Å²) in [6.45, 7) is 7.93. The van der Waals surface area contributed by atoms with Gasteiger partial charge in [-0.1, -0.05) is 6.07 Å². The monoisotopic (exact) mass is 306 g/mol. The van der Waals surface area contributed by atoms with E-state index in [4.69, 9.17) is 27.3 Å². The van der Waals surface area contributed by atoms with Crippen LogP contribution in [0.15, 0.2) is 18.2 Å². The van der Waals surface area contributed by atoms with Crippen molar-refractivity contribution in [2.24, 2.45) is 5.73 Å². The highest BCUT2D eigenvalue weighted by atomic mass is 32.1. The van der Waals surface area contributed by atoms with Gasteiger partial charge in [0.2, 0.25) is 0 Å². The number of anilines is 1. The molecular formula is C14H19BN2O3S. The number of thiocarbonyl (C=S) groups is 1. The third kappa shape index (κ3) is 3.10.